The molecule has 2 aromatic rings. The van der Waals surface area contributed by atoms with Gasteiger partial charge in [0.2, 0.25) is 6.10 Å². The van der Waals surface area contributed by atoms with E-state index in [0.29, 0.717) is 12.4 Å². The van der Waals surface area contributed by atoms with E-state index in [1.807, 2.05) is 48.5 Å². The molecule has 0 aliphatic heterocycles. The molecular weight excluding hydrogens is 408 g/mol. The standard InChI is InChI=1S/C26H32O6/c1-5-7-8-9-20-12-15-24(31-18-21-10-13-23(29-4)14-11-21)22(16-20)17-25(32-19(3)27)26(28)30-6-2/h8-16,25H,5-7,17-18H2,1-4H3/b9-8+/t25-/m1/s1. The van der Waals surface area contributed by atoms with Crippen molar-refractivity contribution >= 4 is 18.0 Å². The summed E-state index contributed by atoms with van der Waals surface area (Å²) in [6.07, 6.45) is 5.29. The first-order chi connectivity index (χ1) is 15.5. The lowest BCUT2D eigenvalue weighted by atomic mass is 10.0. The largest absolute Gasteiger partial charge is 0.497 e. The van der Waals surface area contributed by atoms with E-state index >= 15 is 0 Å². The van der Waals surface area contributed by atoms with Gasteiger partial charge in [0, 0.05) is 13.3 Å². The zero-order valence-corrected chi connectivity index (χ0v) is 19.3. The van der Waals surface area contributed by atoms with Gasteiger partial charge in [-0.05, 0) is 54.3 Å². The van der Waals surface area contributed by atoms with Crippen LogP contribution >= 0.6 is 0 Å². The lowest BCUT2D eigenvalue weighted by Crippen LogP contribution is -2.30. The van der Waals surface area contributed by atoms with E-state index in [9.17, 15) is 9.59 Å². The van der Waals surface area contributed by atoms with Gasteiger partial charge in [0.25, 0.3) is 0 Å². The molecule has 0 saturated heterocycles. The number of hydrogen-bond donors (Lipinski definition) is 0. The van der Waals surface area contributed by atoms with E-state index < -0.39 is 18.0 Å². The Bertz CT molecular complexity index is 901. The molecule has 0 aromatic heterocycles. The van der Waals surface area contributed by atoms with Gasteiger partial charge in [0.15, 0.2) is 0 Å². The van der Waals surface area contributed by atoms with Crippen LogP contribution < -0.4 is 9.47 Å². The van der Waals surface area contributed by atoms with Crippen LogP contribution in [0.2, 0.25) is 0 Å². The summed E-state index contributed by atoms with van der Waals surface area (Å²) >= 11 is 0. The fraction of sp³-hybridized carbons (Fsp3) is 0.385. The average molecular weight is 441 g/mol. The van der Waals surface area contributed by atoms with Crippen molar-refractivity contribution in [1.82, 2.24) is 0 Å². The highest BCUT2D eigenvalue weighted by atomic mass is 16.6. The first kappa shape index (κ1) is 25.0. The van der Waals surface area contributed by atoms with Gasteiger partial charge < -0.3 is 18.9 Å². The summed E-state index contributed by atoms with van der Waals surface area (Å²) in [7, 11) is 1.62. The number of hydrogen-bond acceptors (Lipinski definition) is 6. The minimum absolute atomic E-state index is 0.159. The number of allylic oxidation sites excluding steroid dienone is 1. The highest BCUT2D eigenvalue weighted by molar-refractivity contribution is 5.79. The van der Waals surface area contributed by atoms with Crippen molar-refractivity contribution in [3.05, 3.63) is 65.2 Å². The summed E-state index contributed by atoms with van der Waals surface area (Å²) in [4.78, 5) is 23.9. The van der Waals surface area contributed by atoms with Crippen LogP contribution in [0.5, 0.6) is 11.5 Å². The highest BCUT2D eigenvalue weighted by Crippen LogP contribution is 2.25. The molecule has 1 atom stereocenters. The van der Waals surface area contributed by atoms with Gasteiger partial charge in [0.1, 0.15) is 18.1 Å². The van der Waals surface area contributed by atoms with E-state index in [1.165, 1.54) is 6.92 Å². The molecule has 0 unspecified atom stereocenters. The number of ether oxygens (including phenoxy) is 4. The smallest absolute Gasteiger partial charge is 0.347 e. The minimum atomic E-state index is -1.04. The monoisotopic (exact) mass is 440 g/mol. The van der Waals surface area contributed by atoms with Crippen LogP contribution in [0.3, 0.4) is 0 Å². The van der Waals surface area contributed by atoms with Crippen LogP contribution in [-0.2, 0) is 32.1 Å². The van der Waals surface area contributed by atoms with Crippen LogP contribution in [0.1, 0.15) is 50.3 Å². The van der Waals surface area contributed by atoms with Crippen molar-refractivity contribution in [3.63, 3.8) is 0 Å². The maximum Gasteiger partial charge on any atom is 0.347 e. The topological polar surface area (TPSA) is 71.1 Å². The Hall–Kier alpha value is -3.28. The van der Waals surface area contributed by atoms with Gasteiger partial charge in [-0.2, -0.15) is 0 Å². The summed E-state index contributed by atoms with van der Waals surface area (Å²) in [5, 5.41) is 0. The molecule has 0 aliphatic rings. The molecule has 2 rings (SSSR count). The molecule has 2 aromatic carbocycles. The third-order valence-electron chi connectivity index (χ3n) is 4.67. The zero-order chi connectivity index (χ0) is 23.3. The molecular formula is C26H32O6. The lowest BCUT2D eigenvalue weighted by Gasteiger charge is -2.18. The summed E-state index contributed by atoms with van der Waals surface area (Å²) in [5.74, 6) is 0.282. The van der Waals surface area contributed by atoms with E-state index in [1.54, 1.807) is 14.0 Å². The van der Waals surface area contributed by atoms with Crippen molar-refractivity contribution in [2.45, 2.75) is 52.7 Å². The number of carbonyl (C=O) groups is 2. The van der Waals surface area contributed by atoms with Crippen molar-refractivity contribution in [2.24, 2.45) is 0 Å². The summed E-state index contributed by atoms with van der Waals surface area (Å²) in [6, 6.07) is 13.4. The number of rotatable bonds is 12. The van der Waals surface area contributed by atoms with Crippen molar-refractivity contribution in [2.75, 3.05) is 13.7 Å². The van der Waals surface area contributed by atoms with Gasteiger partial charge in [-0.3, -0.25) is 4.79 Å². The molecule has 6 heteroatoms. The van der Waals surface area contributed by atoms with Crippen LogP contribution in [0.25, 0.3) is 6.08 Å². The SMILES string of the molecule is CCC/C=C/c1ccc(OCc2ccc(OC)cc2)c(C[C@@H](OC(C)=O)C(=O)OCC)c1. The van der Waals surface area contributed by atoms with E-state index in [4.69, 9.17) is 18.9 Å². The second kappa shape index (κ2) is 13.2. The van der Waals surface area contributed by atoms with Crippen LogP contribution in [0.15, 0.2) is 48.5 Å². The summed E-state index contributed by atoms with van der Waals surface area (Å²) in [6.45, 7) is 5.66. The molecule has 0 N–H and O–H groups in total. The Labute approximate surface area is 190 Å². The Kier molecular flexibility index (Phi) is 10.3. The second-order valence-electron chi connectivity index (χ2n) is 7.25. The molecule has 32 heavy (non-hydrogen) atoms. The van der Waals surface area contributed by atoms with E-state index in [2.05, 4.69) is 13.0 Å². The quantitative estimate of drug-likeness (QED) is 0.427. The Morgan fingerprint density at radius 2 is 1.81 bits per heavy atom. The maximum atomic E-state index is 12.4. The molecule has 0 spiro atoms. The molecule has 0 amide bonds. The molecule has 6 nitrogen and oxygen atoms in total. The van der Waals surface area contributed by atoms with Gasteiger partial charge >= 0.3 is 11.9 Å². The number of methoxy groups -OCH3 is 1. The summed E-state index contributed by atoms with van der Waals surface area (Å²) in [5.41, 5.74) is 2.72. The molecule has 0 radical (unpaired) electrons. The predicted molar refractivity (Wildman–Crippen MR) is 124 cm³/mol. The number of esters is 2. The zero-order valence-electron chi connectivity index (χ0n) is 19.3. The van der Waals surface area contributed by atoms with Crippen molar-refractivity contribution in [1.29, 1.82) is 0 Å². The number of unbranched alkanes of at least 4 members (excludes halogenated alkanes) is 1. The van der Waals surface area contributed by atoms with E-state index in [0.717, 1.165) is 35.3 Å². The number of benzene rings is 2. The van der Waals surface area contributed by atoms with Crippen molar-refractivity contribution < 1.29 is 28.5 Å². The highest BCUT2D eigenvalue weighted by Gasteiger charge is 2.25. The minimum Gasteiger partial charge on any atom is -0.497 e. The Morgan fingerprint density at radius 3 is 2.44 bits per heavy atom. The van der Waals surface area contributed by atoms with Crippen LogP contribution in [0.4, 0.5) is 0 Å². The van der Waals surface area contributed by atoms with Gasteiger partial charge in [-0.15, -0.1) is 0 Å². The third kappa shape index (κ3) is 8.10. The maximum absolute atomic E-state index is 12.4. The average Bonchev–Trinajstić information content (AvgIpc) is 2.78. The lowest BCUT2D eigenvalue weighted by molar-refractivity contribution is -0.166. The molecule has 0 heterocycles. The van der Waals surface area contributed by atoms with Crippen LogP contribution in [-0.4, -0.2) is 31.8 Å². The van der Waals surface area contributed by atoms with Gasteiger partial charge in [-0.25, -0.2) is 4.79 Å². The molecule has 172 valence electrons. The molecule has 0 fully saturated rings. The number of carbonyl (C=O) groups excluding carboxylic acids is 2. The second-order valence-corrected chi connectivity index (χ2v) is 7.25. The fourth-order valence-electron chi connectivity index (χ4n) is 3.08. The predicted octanol–water partition coefficient (Wildman–Crippen LogP) is 5.12. The van der Waals surface area contributed by atoms with E-state index in [-0.39, 0.29) is 13.0 Å². The molecule has 0 saturated carbocycles. The molecule has 0 aliphatic carbocycles. The summed E-state index contributed by atoms with van der Waals surface area (Å²) < 4.78 is 21.6. The van der Waals surface area contributed by atoms with Crippen LogP contribution in [0, 0.1) is 0 Å². The Balaban J connectivity index is 2.27. The fourth-order valence-corrected chi connectivity index (χ4v) is 3.08. The molecule has 0 bridgehead atoms. The van der Waals surface area contributed by atoms with Gasteiger partial charge in [-0.1, -0.05) is 43.7 Å². The Morgan fingerprint density at radius 1 is 1.06 bits per heavy atom. The first-order valence-electron chi connectivity index (χ1n) is 10.9. The third-order valence-corrected chi connectivity index (χ3v) is 4.67. The van der Waals surface area contributed by atoms with Crippen molar-refractivity contribution in [3.8, 4) is 11.5 Å². The first-order valence-corrected chi connectivity index (χ1v) is 10.9. The normalized spacial score (nSPS) is 11.8. The van der Waals surface area contributed by atoms with Gasteiger partial charge in [0.05, 0.1) is 13.7 Å².